The topological polar surface area (TPSA) is 102 Å². The van der Waals surface area contributed by atoms with Crippen LogP contribution in [0.25, 0.3) is 22.2 Å². The Bertz CT molecular complexity index is 1220. The molecule has 0 aliphatic heterocycles. The Hall–Kier alpha value is -2.84. The number of aryl methyl sites for hydroxylation is 1. The van der Waals surface area contributed by atoms with Crippen LogP contribution in [-0.4, -0.2) is 41.7 Å². The summed E-state index contributed by atoms with van der Waals surface area (Å²) in [4.78, 5) is 21.1. The van der Waals surface area contributed by atoms with E-state index in [1.807, 2.05) is 13.0 Å². The SMILES string of the molecule is COc1cc(OCC2CC2)c(-c2ccnc3c(C(=O)N[C@H]4CC[C@H](N)CC4)c(C)[nH]c23)cc1F.Cl. The number of benzene rings is 1. The number of amides is 1. The zero-order valence-corrected chi connectivity index (χ0v) is 20.8. The van der Waals surface area contributed by atoms with Crippen molar-refractivity contribution in [1.82, 2.24) is 15.3 Å². The molecule has 0 saturated heterocycles. The molecule has 2 aliphatic rings. The van der Waals surface area contributed by atoms with E-state index in [0.717, 1.165) is 49.8 Å². The van der Waals surface area contributed by atoms with Crippen molar-refractivity contribution in [3.63, 3.8) is 0 Å². The number of nitrogens with one attached hydrogen (secondary N) is 2. The van der Waals surface area contributed by atoms with Gasteiger partial charge in [-0.25, -0.2) is 4.39 Å². The predicted molar refractivity (Wildman–Crippen MR) is 136 cm³/mol. The molecule has 1 aromatic carbocycles. The second kappa shape index (κ2) is 10.4. The van der Waals surface area contributed by atoms with E-state index in [2.05, 4.69) is 15.3 Å². The number of carbonyl (C=O) groups excluding carboxylic acids is 1. The molecular formula is C26H32ClFN4O3. The van der Waals surface area contributed by atoms with Crippen LogP contribution in [0.4, 0.5) is 4.39 Å². The highest BCUT2D eigenvalue weighted by Crippen LogP contribution is 2.40. The van der Waals surface area contributed by atoms with Gasteiger partial charge in [0, 0.05) is 41.2 Å². The monoisotopic (exact) mass is 502 g/mol. The fourth-order valence-electron chi connectivity index (χ4n) is 4.74. The number of nitrogens with zero attached hydrogens (tertiary/aromatic N) is 1. The van der Waals surface area contributed by atoms with Gasteiger partial charge >= 0.3 is 0 Å². The summed E-state index contributed by atoms with van der Waals surface area (Å²) in [5.74, 6) is 0.598. The molecule has 5 rings (SSSR count). The number of fused-ring (bicyclic) bond motifs is 1. The Labute approximate surface area is 210 Å². The molecule has 2 aliphatic carbocycles. The summed E-state index contributed by atoms with van der Waals surface area (Å²) >= 11 is 0. The first-order chi connectivity index (χ1) is 16.4. The number of hydrogen-bond acceptors (Lipinski definition) is 5. The van der Waals surface area contributed by atoms with E-state index in [4.69, 9.17) is 15.2 Å². The molecule has 2 saturated carbocycles. The van der Waals surface area contributed by atoms with E-state index in [1.165, 1.54) is 13.2 Å². The third-order valence-electron chi connectivity index (χ3n) is 6.93. The number of carbonyl (C=O) groups is 1. The van der Waals surface area contributed by atoms with Crippen molar-refractivity contribution < 1.29 is 18.7 Å². The van der Waals surface area contributed by atoms with Crippen molar-refractivity contribution in [2.45, 2.75) is 57.5 Å². The van der Waals surface area contributed by atoms with Crippen LogP contribution in [0, 0.1) is 18.7 Å². The summed E-state index contributed by atoms with van der Waals surface area (Å²) in [7, 11) is 1.44. The minimum atomic E-state index is -0.474. The summed E-state index contributed by atoms with van der Waals surface area (Å²) in [5, 5.41) is 3.15. The standard InChI is InChI=1S/C26H31FN4O3.ClH/c1-14-23(26(32)31-17-7-5-16(28)6-8-17)25-24(30-14)18(9-10-29-25)19-11-20(27)22(33-2)12-21(19)34-13-15-3-4-15;/h9-12,15-17,30H,3-8,13,28H2,1-2H3,(H,31,32);1H/t16-,17-;. The van der Waals surface area contributed by atoms with Crippen molar-refractivity contribution >= 4 is 29.3 Å². The van der Waals surface area contributed by atoms with Crippen LogP contribution >= 0.6 is 12.4 Å². The zero-order valence-electron chi connectivity index (χ0n) is 20.0. The first kappa shape index (κ1) is 25.3. The molecule has 188 valence electrons. The zero-order chi connectivity index (χ0) is 23.8. The number of nitrogens with two attached hydrogens (primary N) is 1. The number of ether oxygens (including phenoxy) is 2. The van der Waals surface area contributed by atoms with Crippen LogP contribution in [0.5, 0.6) is 11.5 Å². The van der Waals surface area contributed by atoms with Crippen molar-refractivity contribution in [3.05, 3.63) is 41.5 Å². The van der Waals surface area contributed by atoms with E-state index >= 15 is 0 Å². The van der Waals surface area contributed by atoms with E-state index in [0.29, 0.717) is 40.4 Å². The van der Waals surface area contributed by atoms with Gasteiger partial charge in [0.15, 0.2) is 11.6 Å². The molecule has 2 aromatic heterocycles. The largest absolute Gasteiger partial charge is 0.494 e. The lowest BCUT2D eigenvalue weighted by Gasteiger charge is -2.26. The lowest BCUT2D eigenvalue weighted by Crippen LogP contribution is -2.40. The van der Waals surface area contributed by atoms with Gasteiger partial charge in [-0.05, 0) is 63.5 Å². The smallest absolute Gasteiger partial charge is 0.255 e. The third-order valence-corrected chi connectivity index (χ3v) is 6.93. The first-order valence-electron chi connectivity index (χ1n) is 12.0. The van der Waals surface area contributed by atoms with Crippen LogP contribution < -0.4 is 20.5 Å². The summed E-state index contributed by atoms with van der Waals surface area (Å²) in [6.07, 6.45) is 7.51. The lowest BCUT2D eigenvalue weighted by molar-refractivity contribution is 0.0927. The number of methoxy groups -OCH3 is 1. The molecule has 4 N–H and O–H groups in total. The Kier molecular flexibility index (Phi) is 7.52. The number of pyridine rings is 1. The third kappa shape index (κ3) is 5.23. The Morgan fingerprint density at radius 1 is 1.17 bits per heavy atom. The summed E-state index contributed by atoms with van der Waals surface area (Å²) < 4.78 is 26.0. The molecule has 9 heteroatoms. The maximum atomic E-state index is 14.7. The van der Waals surface area contributed by atoms with E-state index in [-0.39, 0.29) is 36.1 Å². The fraction of sp³-hybridized carbons (Fsp3) is 0.462. The molecule has 0 spiro atoms. The van der Waals surface area contributed by atoms with Gasteiger partial charge in [0.05, 0.1) is 24.8 Å². The number of hydrogen-bond donors (Lipinski definition) is 3. The number of halogens is 2. The van der Waals surface area contributed by atoms with Gasteiger partial charge < -0.3 is 25.5 Å². The molecule has 1 amide bonds. The van der Waals surface area contributed by atoms with Crippen LogP contribution in [-0.2, 0) is 0 Å². The summed E-state index contributed by atoms with van der Waals surface area (Å²) in [6.45, 7) is 2.44. The normalized spacial score (nSPS) is 19.8. The molecule has 0 bridgehead atoms. The molecule has 7 nitrogen and oxygen atoms in total. The highest BCUT2D eigenvalue weighted by atomic mass is 35.5. The van der Waals surface area contributed by atoms with Crippen molar-refractivity contribution in [1.29, 1.82) is 0 Å². The second-order valence-corrected chi connectivity index (χ2v) is 9.53. The average molecular weight is 503 g/mol. The van der Waals surface area contributed by atoms with Gasteiger partial charge in [-0.1, -0.05) is 0 Å². The quantitative estimate of drug-likeness (QED) is 0.426. The maximum Gasteiger partial charge on any atom is 0.255 e. The Balaban J connectivity index is 0.00000289. The van der Waals surface area contributed by atoms with Crippen LogP contribution in [0.2, 0.25) is 0 Å². The number of aromatic nitrogens is 2. The average Bonchev–Trinajstić information content (AvgIpc) is 3.59. The van der Waals surface area contributed by atoms with E-state index in [1.54, 1.807) is 12.3 Å². The van der Waals surface area contributed by atoms with Gasteiger partial charge in [0.2, 0.25) is 0 Å². The van der Waals surface area contributed by atoms with Crippen molar-refractivity contribution in [2.24, 2.45) is 11.7 Å². The Morgan fingerprint density at radius 3 is 2.60 bits per heavy atom. The van der Waals surface area contributed by atoms with Crippen LogP contribution in [0.1, 0.15) is 54.6 Å². The molecular weight excluding hydrogens is 471 g/mol. The minimum Gasteiger partial charge on any atom is -0.494 e. The molecule has 2 fully saturated rings. The number of rotatable bonds is 7. The van der Waals surface area contributed by atoms with Crippen LogP contribution in [0.15, 0.2) is 24.4 Å². The maximum absolute atomic E-state index is 14.7. The van der Waals surface area contributed by atoms with Crippen molar-refractivity contribution in [2.75, 3.05) is 13.7 Å². The van der Waals surface area contributed by atoms with Gasteiger partial charge in [-0.15, -0.1) is 12.4 Å². The molecule has 0 atom stereocenters. The number of aromatic amines is 1. The van der Waals surface area contributed by atoms with Gasteiger partial charge in [0.25, 0.3) is 5.91 Å². The lowest BCUT2D eigenvalue weighted by atomic mass is 9.91. The second-order valence-electron chi connectivity index (χ2n) is 9.53. The minimum absolute atomic E-state index is 0. The molecule has 3 aromatic rings. The predicted octanol–water partition coefficient (Wildman–Crippen LogP) is 4.90. The van der Waals surface area contributed by atoms with Gasteiger partial charge in [-0.3, -0.25) is 9.78 Å². The fourth-order valence-corrected chi connectivity index (χ4v) is 4.74. The van der Waals surface area contributed by atoms with Gasteiger partial charge in [-0.2, -0.15) is 0 Å². The van der Waals surface area contributed by atoms with E-state index in [9.17, 15) is 9.18 Å². The summed E-state index contributed by atoms with van der Waals surface area (Å²) in [5.41, 5.74) is 9.79. The first-order valence-corrected chi connectivity index (χ1v) is 12.0. The molecule has 0 radical (unpaired) electrons. The van der Waals surface area contributed by atoms with Crippen molar-refractivity contribution in [3.8, 4) is 22.6 Å². The molecule has 2 heterocycles. The number of H-pyrrole nitrogens is 1. The summed E-state index contributed by atoms with van der Waals surface area (Å²) in [6, 6.07) is 5.16. The highest BCUT2D eigenvalue weighted by molar-refractivity contribution is 6.09. The van der Waals surface area contributed by atoms with Crippen LogP contribution in [0.3, 0.4) is 0 Å². The Morgan fingerprint density at radius 2 is 1.91 bits per heavy atom. The molecule has 35 heavy (non-hydrogen) atoms. The van der Waals surface area contributed by atoms with E-state index < -0.39 is 5.82 Å². The molecule has 0 unspecified atom stereocenters. The van der Waals surface area contributed by atoms with Gasteiger partial charge in [0.1, 0.15) is 11.3 Å². The highest BCUT2D eigenvalue weighted by Gasteiger charge is 2.26.